The summed E-state index contributed by atoms with van der Waals surface area (Å²) in [6.07, 6.45) is -2.21. The van der Waals surface area contributed by atoms with Crippen molar-refractivity contribution in [1.82, 2.24) is 0 Å². The van der Waals surface area contributed by atoms with Gasteiger partial charge in [-0.05, 0) is 22.2 Å². The number of benzene rings is 3. The van der Waals surface area contributed by atoms with E-state index in [-0.39, 0.29) is 26.4 Å². The van der Waals surface area contributed by atoms with Gasteiger partial charge in [-0.15, -0.1) is 0 Å². The molecule has 0 heterocycles. The molecule has 0 radical (unpaired) electrons. The van der Waals surface area contributed by atoms with Gasteiger partial charge in [0.15, 0.2) is 0 Å². The van der Waals surface area contributed by atoms with Gasteiger partial charge in [0.2, 0.25) is 0 Å². The van der Waals surface area contributed by atoms with Gasteiger partial charge in [0, 0.05) is 4.91 Å². The van der Waals surface area contributed by atoms with Crippen molar-refractivity contribution in [3.8, 4) is 0 Å². The summed E-state index contributed by atoms with van der Waals surface area (Å²) in [5.74, 6) is 0. The van der Waals surface area contributed by atoms with Crippen molar-refractivity contribution in [2.75, 3.05) is 19.8 Å². The Morgan fingerprint density at radius 1 is 0.800 bits per heavy atom. The summed E-state index contributed by atoms with van der Waals surface area (Å²) in [5, 5.41) is 25.3. The van der Waals surface area contributed by atoms with Gasteiger partial charge in [0.1, 0.15) is 17.8 Å². The molecule has 8 nitrogen and oxygen atoms in total. The van der Waals surface area contributed by atoms with Gasteiger partial charge in [-0.2, -0.15) is 0 Å². The highest BCUT2D eigenvalue weighted by molar-refractivity contribution is 5.15. The molecule has 3 atom stereocenters. The van der Waals surface area contributed by atoms with E-state index >= 15 is 0 Å². The number of aliphatic hydroxyl groups excluding tert-OH is 2. The molecule has 0 aromatic heterocycles. The first-order valence-electron chi connectivity index (χ1n) is 11.4. The average molecular weight is 478 g/mol. The minimum absolute atomic E-state index is 0.0684. The van der Waals surface area contributed by atoms with Crippen LogP contribution < -0.4 is 0 Å². The predicted octanol–water partition coefficient (Wildman–Crippen LogP) is 4.41. The van der Waals surface area contributed by atoms with Crippen molar-refractivity contribution in [3.05, 3.63) is 118 Å². The molecule has 0 saturated carbocycles. The molecule has 2 N–H and O–H groups in total. The Morgan fingerprint density at radius 2 is 1.31 bits per heavy atom. The molecule has 0 bridgehead atoms. The Bertz CT molecular complexity index is 1030. The van der Waals surface area contributed by atoms with Gasteiger partial charge in [0.25, 0.3) is 0 Å². The van der Waals surface area contributed by atoms with Crippen molar-refractivity contribution in [2.45, 2.75) is 37.6 Å². The molecule has 0 saturated heterocycles. The van der Waals surface area contributed by atoms with Crippen LogP contribution in [0.2, 0.25) is 0 Å². The number of hydrogen-bond donors (Lipinski definition) is 2. The fourth-order valence-corrected chi connectivity index (χ4v) is 3.69. The van der Waals surface area contributed by atoms with Gasteiger partial charge in [-0.1, -0.05) is 96.1 Å². The van der Waals surface area contributed by atoms with Crippen LogP contribution in [0.15, 0.2) is 96.1 Å². The molecule has 3 rings (SSSR count). The van der Waals surface area contributed by atoms with Crippen LogP contribution in [0.1, 0.15) is 16.7 Å². The molecule has 0 unspecified atom stereocenters. The molecular formula is C27H31N3O5. The highest BCUT2D eigenvalue weighted by atomic mass is 16.6. The maximum Gasteiger partial charge on any atom is 0.126 e. The first-order valence-corrected chi connectivity index (χ1v) is 11.4. The number of hydrogen-bond acceptors (Lipinski definition) is 6. The highest BCUT2D eigenvalue weighted by Gasteiger charge is 2.44. The lowest BCUT2D eigenvalue weighted by molar-refractivity contribution is -0.209. The summed E-state index contributed by atoms with van der Waals surface area (Å²) in [6, 6.07) is 28.5. The summed E-state index contributed by atoms with van der Waals surface area (Å²) in [6.45, 7) is -0.243. The Balaban J connectivity index is 1.80. The number of aliphatic hydroxyl groups is 2. The normalized spacial score (nSPS) is 14.5. The molecule has 0 amide bonds. The first-order chi connectivity index (χ1) is 17.2. The fourth-order valence-electron chi connectivity index (χ4n) is 3.69. The number of ether oxygens (including phenoxy) is 3. The van der Waals surface area contributed by atoms with Crippen LogP contribution in [-0.4, -0.2) is 47.8 Å². The minimum Gasteiger partial charge on any atom is -0.393 e. The van der Waals surface area contributed by atoms with Crippen molar-refractivity contribution >= 4 is 0 Å². The molecular weight excluding hydrogens is 446 g/mol. The Morgan fingerprint density at radius 3 is 1.83 bits per heavy atom. The second-order valence-corrected chi connectivity index (χ2v) is 8.17. The second kappa shape index (κ2) is 14.2. The monoisotopic (exact) mass is 477 g/mol. The van der Waals surface area contributed by atoms with E-state index in [1.165, 1.54) is 0 Å². The van der Waals surface area contributed by atoms with Crippen molar-refractivity contribution in [1.29, 1.82) is 0 Å². The van der Waals surface area contributed by atoms with E-state index < -0.39 is 24.4 Å². The molecule has 184 valence electrons. The van der Waals surface area contributed by atoms with Gasteiger partial charge in [0.05, 0.1) is 39.6 Å². The topological polar surface area (TPSA) is 117 Å². The fraction of sp³-hybridized carbons (Fsp3) is 0.333. The van der Waals surface area contributed by atoms with Gasteiger partial charge in [-0.3, -0.25) is 0 Å². The lowest BCUT2D eigenvalue weighted by Crippen LogP contribution is -2.58. The Hall–Kier alpha value is -3.23. The van der Waals surface area contributed by atoms with E-state index in [4.69, 9.17) is 19.7 Å². The second-order valence-electron chi connectivity index (χ2n) is 8.17. The summed E-state index contributed by atoms with van der Waals surface area (Å²) in [5.41, 5.74) is 10.2. The molecule has 3 aromatic rings. The van der Waals surface area contributed by atoms with Crippen LogP contribution in [0.5, 0.6) is 0 Å². The maximum absolute atomic E-state index is 11.2. The van der Waals surface area contributed by atoms with E-state index in [9.17, 15) is 10.2 Å². The van der Waals surface area contributed by atoms with E-state index in [0.717, 1.165) is 16.7 Å². The molecule has 8 heteroatoms. The van der Waals surface area contributed by atoms with Crippen LogP contribution >= 0.6 is 0 Å². The van der Waals surface area contributed by atoms with Crippen LogP contribution in [0.3, 0.4) is 0 Å². The van der Waals surface area contributed by atoms with Crippen LogP contribution in [0.4, 0.5) is 0 Å². The molecule has 0 aliphatic carbocycles. The number of rotatable bonds is 15. The largest absolute Gasteiger partial charge is 0.393 e. The molecule has 0 aliphatic heterocycles. The standard InChI is InChI=1S/C27H31N3O5/c28-30-29-20-27(21-31,35-18-24-14-8-3-9-15-24)26(34-17-23-12-6-2-7-13-23)25(32)19-33-16-22-10-4-1-5-11-22/h1-15,25-26,31-32H,16-21H2/t25-,26+,27-/m1/s1. The third-order valence-electron chi connectivity index (χ3n) is 5.58. The molecule has 0 aliphatic rings. The zero-order valence-electron chi connectivity index (χ0n) is 19.5. The van der Waals surface area contributed by atoms with Crippen LogP contribution in [0, 0.1) is 0 Å². The van der Waals surface area contributed by atoms with Gasteiger partial charge < -0.3 is 24.4 Å². The molecule has 3 aromatic carbocycles. The lowest BCUT2D eigenvalue weighted by Gasteiger charge is -2.40. The summed E-state index contributed by atoms with van der Waals surface area (Å²) < 4.78 is 18.0. The van der Waals surface area contributed by atoms with Crippen LogP contribution in [0.25, 0.3) is 10.4 Å². The summed E-state index contributed by atoms with van der Waals surface area (Å²) in [4.78, 5) is 2.85. The van der Waals surface area contributed by atoms with Crippen LogP contribution in [-0.2, 0) is 34.0 Å². The molecule has 35 heavy (non-hydrogen) atoms. The lowest BCUT2D eigenvalue weighted by atomic mass is 9.92. The Labute approximate surface area is 205 Å². The zero-order chi connectivity index (χ0) is 24.8. The summed E-state index contributed by atoms with van der Waals surface area (Å²) >= 11 is 0. The molecule has 0 spiro atoms. The third-order valence-corrected chi connectivity index (χ3v) is 5.58. The average Bonchev–Trinajstić information content (AvgIpc) is 2.92. The van der Waals surface area contributed by atoms with E-state index in [1.54, 1.807) is 0 Å². The van der Waals surface area contributed by atoms with Gasteiger partial charge >= 0.3 is 0 Å². The van der Waals surface area contributed by atoms with Crippen molar-refractivity contribution in [3.63, 3.8) is 0 Å². The quantitative estimate of drug-likeness (QED) is 0.191. The number of azide groups is 1. The van der Waals surface area contributed by atoms with Crippen molar-refractivity contribution < 1.29 is 24.4 Å². The third kappa shape index (κ3) is 8.19. The SMILES string of the molecule is [N-]=[N+]=NC[C@](CO)(OCc1ccccc1)[C@@H](OCc1ccccc1)[C@H](O)COCc1ccccc1. The zero-order valence-corrected chi connectivity index (χ0v) is 19.5. The van der Waals surface area contributed by atoms with E-state index in [2.05, 4.69) is 10.0 Å². The predicted molar refractivity (Wildman–Crippen MR) is 132 cm³/mol. The van der Waals surface area contributed by atoms with E-state index in [1.807, 2.05) is 91.0 Å². The Kier molecular flexibility index (Phi) is 10.7. The van der Waals surface area contributed by atoms with Gasteiger partial charge in [-0.25, -0.2) is 0 Å². The number of nitrogens with zero attached hydrogens (tertiary/aromatic N) is 3. The van der Waals surface area contributed by atoms with E-state index in [0.29, 0.717) is 6.61 Å². The minimum atomic E-state index is -1.49. The maximum atomic E-state index is 11.2. The summed E-state index contributed by atoms with van der Waals surface area (Å²) in [7, 11) is 0. The first kappa shape index (κ1) is 26.4. The van der Waals surface area contributed by atoms with Crippen molar-refractivity contribution in [2.24, 2.45) is 5.11 Å². The molecule has 0 fully saturated rings. The highest BCUT2D eigenvalue weighted by Crippen LogP contribution is 2.26. The smallest absolute Gasteiger partial charge is 0.126 e.